The lowest BCUT2D eigenvalue weighted by Crippen LogP contribution is -2.42. The smallest absolute Gasteiger partial charge is 0.326 e. The number of carbonyl (C=O) groups is 3. The van der Waals surface area contributed by atoms with Gasteiger partial charge in [0.2, 0.25) is 11.8 Å². The Morgan fingerprint density at radius 2 is 2.16 bits per heavy atom. The number of nitrogens with zero attached hydrogens (tertiary/aromatic N) is 1. The maximum absolute atomic E-state index is 11.8. The first kappa shape index (κ1) is 15.4. The lowest BCUT2D eigenvalue weighted by atomic mass is 10.0. The summed E-state index contributed by atoms with van der Waals surface area (Å²) >= 11 is 0. The zero-order valence-electron chi connectivity index (χ0n) is 11.1. The number of nitrogens with one attached hydrogen (secondary N) is 1. The number of nitrogens with two attached hydrogens (primary N) is 1. The Labute approximate surface area is 112 Å². The fourth-order valence-electron chi connectivity index (χ4n) is 2.25. The van der Waals surface area contributed by atoms with Crippen LogP contribution in [0, 0.1) is 5.92 Å². The van der Waals surface area contributed by atoms with Gasteiger partial charge in [-0.05, 0) is 32.4 Å². The van der Waals surface area contributed by atoms with Crippen molar-refractivity contribution >= 4 is 17.8 Å². The average molecular weight is 271 g/mol. The molecule has 1 unspecified atom stereocenters. The van der Waals surface area contributed by atoms with E-state index in [4.69, 9.17) is 10.8 Å². The van der Waals surface area contributed by atoms with E-state index < -0.39 is 17.9 Å². The Balaban J connectivity index is 2.38. The first-order valence-corrected chi connectivity index (χ1v) is 6.37. The minimum Gasteiger partial charge on any atom is -0.480 e. The molecular formula is C12H21N3O4. The van der Waals surface area contributed by atoms with Crippen molar-refractivity contribution in [2.24, 2.45) is 11.7 Å². The number of carboxylic acid groups (broad SMARTS) is 1. The second-order valence-corrected chi connectivity index (χ2v) is 5.08. The summed E-state index contributed by atoms with van der Waals surface area (Å²) in [5.41, 5.74) is 4.97. The Kier molecular flexibility index (Phi) is 5.75. The van der Waals surface area contributed by atoms with E-state index in [-0.39, 0.29) is 24.7 Å². The molecule has 1 fully saturated rings. The normalized spacial score (nSPS) is 21.0. The lowest BCUT2D eigenvalue weighted by Gasteiger charge is -2.15. The molecule has 0 aromatic carbocycles. The minimum absolute atomic E-state index is 0.0287. The summed E-state index contributed by atoms with van der Waals surface area (Å²) in [4.78, 5) is 35.5. The van der Waals surface area contributed by atoms with Crippen LogP contribution in [0.15, 0.2) is 0 Å². The van der Waals surface area contributed by atoms with Crippen molar-refractivity contribution in [3.63, 3.8) is 0 Å². The van der Waals surface area contributed by atoms with Gasteiger partial charge in [0.25, 0.3) is 0 Å². The zero-order chi connectivity index (χ0) is 14.4. The maximum atomic E-state index is 11.8. The first-order valence-electron chi connectivity index (χ1n) is 6.37. The molecule has 7 nitrogen and oxygen atoms in total. The van der Waals surface area contributed by atoms with Crippen LogP contribution in [-0.4, -0.2) is 54.0 Å². The van der Waals surface area contributed by atoms with Crippen LogP contribution in [-0.2, 0) is 14.4 Å². The van der Waals surface area contributed by atoms with E-state index in [0.29, 0.717) is 6.42 Å². The van der Waals surface area contributed by atoms with Crippen LogP contribution in [0.3, 0.4) is 0 Å². The number of rotatable bonds is 7. The van der Waals surface area contributed by atoms with E-state index in [1.165, 1.54) is 0 Å². The number of aliphatic carboxylic acids is 1. The SMILES string of the molecule is CN1CCC(CC(=O)N[C@@H](CCC(N)=O)C(=O)O)C1. The summed E-state index contributed by atoms with van der Waals surface area (Å²) in [7, 11) is 1.99. The second kappa shape index (κ2) is 7.08. The second-order valence-electron chi connectivity index (χ2n) is 5.08. The Hall–Kier alpha value is -1.63. The third kappa shape index (κ3) is 5.69. The molecule has 19 heavy (non-hydrogen) atoms. The molecule has 1 aliphatic rings. The molecule has 0 radical (unpaired) electrons. The third-order valence-corrected chi connectivity index (χ3v) is 3.28. The van der Waals surface area contributed by atoms with Crippen LogP contribution < -0.4 is 11.1 Å². The molecule has 1 rings (SSSR count). The molecule has 1 saturated heterocycles. The quantitative estimate of drug-likeness (QED) is 0.559. The zero-order valence-corrected chi connectivity index (χ0v) is 11.1. The van der Waals surface area contributed by atoms with E-state index in [9.17, 15) is 14.4 Å². The molecule has 0 saturated carbocycles. The summed E-state index contributed by atoms with van der Waals surface area (Å²) in [5, 5.41) is 11.4. The summed E-state index contributed by atoms with van der Waals surface area (Å²) in [6, 6.07) is -1.04. The van der Waals surface area contributed by atoms with Gasteiger partial charge in [0.05, 0.1) is 0 Å². The molecule has 2 amide bonds. The van der Waals surface area contributed by atoms with Crippen molar-refractivity contribution in [1.82, 2.24) is 10.2 Å². The van der Waals surface area contributed by atoms with Gasteiger partial charge in [-0.15, -0.1) is 0 Å². The predicted molar refractivity (Wildman–Crippen MR) is 68.2 cm³/mol. The molecule has 0 aromatic rings. The van der Waals surface area contributed by atoms with Crippen LogP contribution in [0.1, 0.15) is 25.7 Å². The van der Waals surface area contributed by atoms with Crippen molar-refractivity contribution < 1.29 is 19.5 Å². The van der Waals surface area contributed by atoms with Gasteiger partial charge in [-0.2, -0.15) is 0 Å². The third-order valence-electron chi connectivity index (χ3n) is 3.28. The molecule has 1 heterocycles. The van der Waals surface area contributed by atoms with Crippen LogP contribution in [0.4, 0.5) is 0 Å². The van der Waals surface area contributed by atoms with Crippen molar-refractivity contribution in [2.75, 3.05) is 20.1 Å². The summed E-state index contributed by atoms with van der Waals surface area (Å²) in [5.74, 6) is -1.72. The molecule has 0 aromatic heterocycles. The monoisotopic (exact) mass is 271 g/mol. The highest BCUT2D eigenvalue weighted by molar-refractivity contribution is 5.84. The minimum atomic E-state index is -1.14. The fourth-order valence-corrected chi connectivity index (χ4v) is 2.25. The van der Waals surface area contributed by atoms with Gasteiger partial charge in [-0.1, -0.05) is 0 Å². The molecule has 0 aliphatic carbocycles. The predicted octanol–water partition coefficient (Wildman–Crippen LogP) is -0.837. The number of likely N-dealkylation sites (tertiary alicyclic amines) is 1. The Morgan fingerprint density at radius 1 is 1.47 bits per heavy atom. The van der Waals surface area contributed by atoms with Crippen molar-refractivity contribution in [1.29, 1.82) is 0 Å². The van der Waals surface area contributed by atoms with E-state index in [1.54, 1.807) is 0 Å². The van der Waals surface area contributed by atoms with E-state index in [1.807, 2.05) is 7.05 Å². The van der Waals surface area contributed by atoms with E-state index in [2.05, 4.69) is 10.2 Å². The summed E-state index contributed by atoms with van der Waals surface area (Å²) in [6.07, 6.45) is 1.25. The lowest BCUT2D eigenvalue weighted by molar-refractivity contribution is -0.142. The van der Waals surface area contributed by atoms with Gasteiger partial charge >= 0.3 is 5.97 Å². The van der Waals surface area contributed by atoms with Crippen LogP contribution >= 0.6 is 0 Å². The number of carboxylic acids is 1. The van der Waals surface area contributed by atoms with Crippen LogP contribution in [0.5, 0.6) is 0 Å². The summed E-state index contributed by atoms with van der Waals surface area (Å²) in [6.45, 7) is 1.81. The number of primary amides is 1. The first-order chi connectivity index (χ1) is 8.88. The number of amides is 2. The Bertz CT molecular complexity index is 359. The molecule has 0 bridgehead atoms. The van der Waals surface area contributed by atoms with Crippen molar-refractivity contribution in [2.45, 2.75) is 31.7 Å². The van der Waals surface area contributed by atoms with Crippen LogP contribution in [0.25, 0.3) is 0 Å². The average Bonchev–Trinajstić information content (AvgIpc) is 2.69. The number of carbonyl (C=O) groups excluding carboxylic acids is 2. The largest absolute Gasteiger partial charge is 0.480 e. The fraction of sp³-hybridized carbons (Fsp3) is 0.750. The highest BCUT2D eigenvalue weighted by Crippen LogP contribution is 2.17. The molecule has 1 aliphatic heterocycles. The van der Waals surface area contributed by atoms with Gasteiger partial charge < -0.3 is 21.1 Å². The topological polar surface area (TPSA) is 113 Å². The van der Waals surface area contributed by atoms with Gasteiger partial charge in [0.15, 0.2) is 0 Å². The molecule has 2 atom stereocenters. The Morgan fingerprint density at radius 3 is 2.63 bits per heavy atom. The maximum Gasteiger partial charge on any atom is 0.326 e. The van der Waals surface area contributed by atoms with Gasteiger partial charge in [-0.25, -0.2) is 4.79 Å². The van der Waals surface area contributed by atoms with Gasteiger partial charge in [0, 0.05) is 19.4 Å². The highest BCUT2D eigenvalue weighted by atomic mass is 16.4. The molecule has 7 heteroatoms. The van der Waals surface area contributed by atoms with Crippen molar-refractivity contribution in [3.8, 4) is 0 Å². The van der Waals surface area contributed by atoms with E-state index in [0.717, 1.165) is 19.5 Å². The van der Waals surface area contributed by atoms with E-state index >= 15 is 0 Å². The molecular weight excluding hydrogens is 250 g/mol. The van der Waals surface area contributed by atoms with Crippen LogP contribution in [0.2, 0.25) is 0 Å². The van der Waals surface area contributed by atoms with Crippen molar-refractivity contribution in [3.05, 3.63) is 0 Å². The number of hydrogen-bond acceptors (Lipinski definition) is 4. The highest BCUT2D eigenvalue weighted by Gasteiger charge is 2.25. The number of hydrogen-bond donors (Lipinski definition) is 3. The van der Waals surface area contributed by atoms with Gasteiger partial charge in [0.1, 0.15) is 6.04 Å². The molecule has 108 valence electrons. The van der Waals surface area contributed by atoms with Gasteiger partial charge in [-0.3, -0.25) is 9.59 Å². The molecule has 0 spiro atoms. The summed E-state index contributed by atoms with van der Waals surface area (Å²) < 4.78 is 0. The standard InChI is InChI=1S/C12H21N3O4/c1-15-5-4-8(7-15)6-11(17)14-9(12(18)19)2-3-10(13)16/h8-9H,2-7H2,1H3,(H2,13,16)(H,14,17)(H,18,19)/t8?,9-/m0/s1. The molecule has 4 N–H and O–H groups in total.